The van der Waals surface area contributed by atoms with E-state index in [1.807, 2.05) is 0 Å². The number of nitrogens with one attached hydrogen (secondary N) is 3. The number of hydrogen-bond acceptors (Lipinski definition) is 6. The molecule has 0 aliphatic carbocycles. The predicted octanol–water partition coefficient (Wildman–Crippen LogP) is -0.525. The maximum Gasteiger partial charge on any atom is 0.394 e. The van der Waals surface area contributed by atoms with E-state index in [0.717, 1.165) is 0 Å². The van der Waals surface area contributed by atoms with E-state index in [-0.39, 0.29) is 17.2 Å². The smallest absolute Gasteiger partial charge is 0.394 e. The van der Waals surface area contributed by atoms with Crippen LogP contribution in [0.25, 0.3) is 0 Å². The van der Waals surface area contributed by atoms with Crippen molar-refractivity contribution in [2.45, 2.75) is 0 Å². The van der Waals surface area contributed by atoms with Gasteiger partial charge in [0.1, 0.15) is 0 Å². The summed E-state index contributed by atoms with van der Waals surface area (Å²) in [6.45, 7) is 0. The number of carbonyl (C=O) groups excluding carboxylic acids is 2. The highest BCUT2D eigenvalue weighted by Gasteiger charge is 2.17. The monoisotopic (exact) mass is 276 g/mol. The molecule has 4 N–H and O–H groups in total. The highest BCUT2D eigenvalue weighted by Crippen LogP contribution is 2.16. The number of carboxylic acid groups (broad SMARTS) is 1. The van der Waals surface area contributed by atoms with Crippen molar-refractivity contribution in [1.82, 2.24) is 20.6 Å². The second kappa shape index (κ2) is 5.56. The van der Waals surface area contributed by atoms with E-state index in [1.165, 1.54) is 12.1 Å². The van der Waals surface area contributed by atoms with E-state index in [9.17, 15) is 14.4 Å². The molecule has 0 bridgehead atoms. The number of carbonyl (C=O) groups is 3. The lowest BCUT2D eigenvalue weighted by atomic mass is 10.1. The number of nitrogens with zero attached hydrogens (tertiary/aromatic N) is 3. The van der Waals surface area contributed by atoms with Crippen molar-refractivity contribution < 1.29 is 19.5 Å². The summed E-state index contributed by atoms with van der Waals surface area (Å²) in [6.07, 6.45) is 0. The number of aromatic nitrogens is 4. The van der Waals surface area contributed by atoms with Crippen LogP contribution in [0.4, 0.5) is 11.6 Å². The Morgan fingerprint density at radius 1 is 1.15 bits per heavy atom. The predicted molar refractivity (Wildman–Crippen MR) is 64.8 cm³/mol. The van der Waals surface area contributed by atoms with Crippen molar-refractivity contribution in [3.05, 3.63) is 29.8 Å². The molecular formula is C10H8N6O4. The average molecular weight is 276 g/mol. The maximum atomic E-state index is 12.0. The molecule has 0 saturated carbocycles. The first-order chi connectivity index (χ1) is 9.58. The van der Waals surface area contributed by atoms with Crippen molar-refractivity contribution in [1.29, 1.82) is 0 Å². The van der Waals surface area contributed by atoms with Gasteiger partial charge in [-0.1, -0.05) is 17.2 Å². The largest absolute Gasteiger partial charge is 0.474 e. The van der Waals surface area contributed by atoms with Crippen molar-refractivity contribution in [2.75, 3.05) is 10.6 Å². The number of para-hydroxylation sites is 1. The Kier molecular flexibility index (Phi) is 3.65. The van der Waals surface area contributed by atoms with Crippen molar-refractivity contribution in [3.8, 4) is 0 Å². The Morgan fingerprint density at radius 3 is 2.55 bits per heavy atom. The van der Waals surface area contributed by atoms with Crippen molar-refractivity contribution in [3.63, 3.8) is 0 Å². The first-order valence-corrected chi connectivity index (χ1v) is 5.26. The molecule has 2 rings (SSSR count). The third-order valence-electron chi connectivity index (χ3n) is 2.18. The third kappa shape index (κ3) is 2.93. The Labute approximate surface area is 111 Å². The minimum atomic E-state index is -1.65. The number of benzene rings is 1. The molecule has 2 amide bonds. The quantitative estimate of drug-likeness (QED) is 0.550. The Hall–Kier alpha value is -3.30. The van der Waals surface area contributed by atoms with Crippen LogP contribution in [0.15, 0.2) is 24.3 Å². The van der Waals surface area contributed by atoms with Crippen LogP contribution in [0.3, 0.4) is 0 Å². The molecule has 10 heteroatoms. The molecule has 1 heterocycles. The summed E-state index contributed by atoms with van der Waals surface area (Å²) in [5.74, 6) is -3.56. The second-order valence-electron chi connectivity index (χ2n) is 3.49. The zero-order chi connectivity index (χ0) is 14.5. The molecule has 0 unspecified atom stereocenters. The summed E-state index contributed by atoms with van der Waals surface area (Å²) in [4.78, 5) is 33.6. The fraction of sp³-hybridized carbons (Fsp3) is 0. The van der Waals surface area contributed by atoms with Crippen LogP contribution in [0.5, 0.6) is 0 Å². The van der Waals surface area contributed by atoms with Crippen LogP contribution in [0.1, 0.15) is 10.4 Å². The van der Waals surface area contributed by atoms with E-state index in [1.54, 1.807) is 12.1 Å². The number of tetrazole rings is 1. The number of amides is 2. The third-order valence-corrected chi connectivity index (χ3v) is 2.18. The van der Waals surface area contributed by atoms with Gasteiger partial charge >= 0.3 is 11.9 Å². The summed E-state index contributed by atoms with van der Waals surface area (Å²) < 4.78 is 0. The zero-order valence-electron chi connectivity index (χ0n) is 9.82. The fourth-order valence-electron chi connectivity index (χ4n) is 1.35. The summed E-state index contributed by atoms with van der Waals surface area (Å²) in [5, 5.41) is 25.5. The molecule has 0 radical (unpaired) electrons. The first-order valence-electron chi connectivity index (χ1n) is 5.26. The van der Waals surface area contributed by atoms with Crippen LogP contribution in [-0.2, 0) is 9.59 Å². The summed E-state index contributed by atoms with van der Waals surface area (Å²) in [7, 11) is 0. The molecule has 1 aromatic carbocycles. The summed E-state index contributed by atoms with van der Waals surface area (Å²) in [6, 6.07) is 5.91. The summed E-state index contributed by atoms with van der Waals surface area (Å²) in [5.41, 5.74) is 0.118. The fourth-order valence-corrected chi connectivity index (χ4v) is 1.35. The van der Waals surface area contributed by atoms with Gasteiger partial charge in [-0.25, -0.2) is 4.79 Å². The van der Waals surface area contributed by atoms with Crippen molar-refractivity contribution >= 4 is 29.4 Å². The van der Waals surface area contributed by atoms with Gasteiger partial charge in [-0.3, -0.25) is 14.9 Å². The summed E-state index contributed by atoms with van der Waals surface area (Å²) >= 11 is 0. The van der Waals surface area contributed by atoms with Crippen LogP contribution in [0.2, 0.25) is 0 Å². The lowest BCUT2D eigenvalue weighted by Gasteiger charge is -2.08. The number of aliphatic carboxylic acids is 1. The highest BCUT2D eigenvalue weighted by molar-refractivity contribution is 6.37. The number of aromatic amines is 1. The van der Waals surface area contributed by atoms with Gasteiger partial charge in [0, 0.05) is 0 Å². The topological polar surface area (TPSA) is 150 Å². The van der Waals surface area contributed by atoms with Gasteiger partial charge in [0.2, 0.25) is 0 Å². The molecule has 10 nitrogen and oxygen atoms in total. The molecule has 1 aromatic heterocycles. The second-order valence-corrected chi connectivity index (χ2v) is 3.49. The van der Waals surface area contributed by atoms with E-state index in [0.29, 0.717) is 0 Å². The molecule has 0 aliphatic heterocycles. The van der Waals surface area contributed by atoms with Crippen LogP contribution in [-0.4, -0.2) is 43.5 Å². The number of carboxylic acids is 1. The maximum absolute atomic E-state index is 12.0. The Bertz CT molecular complexity index is 654. The molecule has 0 saturated heterocycles. The zero-order valence-corrected chi connectivity index (χ0v) is 9.82. The Morgan fingerprint density at radius 2 is 1.90 bits per heavy atom. The van der Waals surface area contributed by atoms with Gasteiger partial charge in [-0.2, -0.15) is 5.21 Å². The number of H-pyrrole nitrogens is 1. The van der Waals surface area contributed by atoms with Gasteiger partial charge in [-0.05, 0) is 17.3 Å². The number of rotatable bonds is 3. The van der Waals surface area contributed by atoms with Crippen LogP contribution >= 0.6 is 0 Å². The standard InChI is InChI=1S/C10H8N6O4/c17-7(12-10-13-15-16-14-10)5-3-1-2-4-6(5)11-8(18)9(19)20/h1-4H,(H,11,18)(H,19,20)(H2,12,13,14,15,16,17). The van der Waals surface area contributed by atoms with E-state index in [2.05, 4.69) is 31.3 Å². The van der Waals surface area contributed by atoms with E-state index >= 15 is 0 Å². The van der Waals surface area contributed by atoms with E-state index in [4.69, 9.17) is 5.11 Å². The molecular weight excluding hydrogens is 268 g/mol. The molecule has 102 valence electrons. The van der Waals surface area contributed by atoms with Gasteiger partial charge in [-0.15, -0.1) is 5.10 Å². The highest BCUT2D eigenvalue weighted by atomic mass is 16.4. The molecule has 2 aromatic rings. The molecule has 0 spiro atoms. The van der Waals surface area contributed by atoms with Crippen LogP contribution < -0.4 is 10.6 Å². The van der Waals surface area contributed by atoms with Gasteiger partial charge in [0.25, 0.3) is 11.9 Å². The lowest BCUT2D eigenvalue weighted by Crippen LogP contribution is -2.24. The average Bonchev–Trinajstić information content (AvgIpc) is 2.92. The van der Waals surface area contributed by atoms with Crippen LogP contribution in [0, 0.1) is 0 Å². The van der Waals surface area contributed by atoms with Gasteiger partial charge in [0.15, 0.2) is 0 Å². The SMILES string of the molecule is O=C(O)C(=O)Nc1ccccc1C(=O)Nc1nn[nH]n1. The minimum Gasteiger partial charge on any atom is -0.474 e. The van der Waals surface area contributed by atoms with Gasteiger partial charge < -0.3 is 10.4 Å². The molecule has 20 heavy (non-hydrogen) atoms. The lowest BCUT2D eigenvalue weighted by molar-refractivity contribution is -0.147. The normalized spacial score (nSPS) is 9.80. The van der Waals surface area contributed by atoms with Crippen molar-refractivity contribution in [2.24, 2.45) is 0 Å². The Balaban J connectivity index is 2.21. The number of anilines is 2. The molecule has 0 fully saturated rings. The minimum absolute atomic E-state index is 0.0469. The first kappa shape index (κ1) is 13.1. The van der Waals surface area contributed by atoms with Gasteiger partial charge in [0.05, 0.1) is 11.3 Å². The molecule has 0 aliphatic rings. The number of hydrogen-bond donors (Lipinski definition) is 4. The van der Waals surface area contributed by atoms with E-state index < -0.39 is 17.8 Å². The molecule has 0 atom stereocenters.